The minimum absolute atomic E-state index is 0.0485. The Morgan fingerprint density at radius 2 is 1.72 bits per heavy atom. The van der Waals surface area contributed by atoms with Gasteiger partial charge in [-0.25, -0.2) is 8.42 Å². The Bertz CT molecular complexity index is 1290. The van der Waals surface area contributed by atoms with Crippen molar-refractivity contribution in [1.29, 1.82) is 0 Å². The molecular weight excluding hydrogens is 522 g/mol. The van der Waals surface area contributed by atoms with Crippen molar-refractivity contribution in [2.75, 3.05) is 59.8 Å². The minimum atomic E-state index is -3.70. The first-order chi connectivity index (χ1) is 18.8. The van der Waals surface area contributed by atoms with Crippen LogP contribution < -0.4 is 14.2 Å². The summed E-state index contributed by atoms with van der Waals surface area (Å²) in [6.45, 7) is 8.03. The summed E-state index contributed by atoms with van der Waals surface area (Å²) in [6, 6.07) is 9.19. The normalized spacial score (nSPS) is 20.0. The van der Waals surface area contributed by atoms with Crippen molar-refractivity contribution < 1.29 is 32.2 Å². The molecule has 3 aliphatic rings. The largest absolute Gasteiger partial charge is 0.497 e. The maximum absolute atomic E-state index is 13.6. The van der Waals surface area contributed by atoms with Crippen LogP contribution in [0.1, 0.15) is 29.5 Å². The van der Waals surface area contributed by atoms with Crippen molar-refractivity contribution >= 4 is 15.9 Å². The third kappa shape index (κ3) is 6.01. The average Bonchev–Trinajstić information content (AvgIpc) is 3.58. The first-order valence-corrected chi connectivity index (χ1v) is 14.8. The Morgan fingerprint density at radius 3 is 2.44 bits per heavy atom. The standard InChI is InChI=1S/C28H37N3O7S/c1-20-13-24(35-3)14-21(2)28(20)39(33,34)31-8-4-5-23(31)17-36-18-27(32)30-11-9-29(10-12-30)16-22-6-7-25-26(15-22)38-19-37-25/h6-7,13-15,23H,4-5,8-12,16-19H2,1-3H3. The number of carbonyl (C=O) groups is 1. The molecule has 10 nitrogen and oxygen atoms in total. The van der Waals surface area contributed by atoms with Gasteiger partial charge in [-0.05, 0) is 67.6 Å². The summed E-state index contributed by atoms with van der Waals surface area (Å²) in [5.74, 6) is 2.13. The molecule has 39 heavy (non-hydrogen) atoms. The fourth-order valence-electron chi connectivity index (χ4n) is 5.67. The van der Waals surface area contributed by atoms with Gasteiger partial charge in [-0.3, -0.25) is 9.69 Å². The van der Waals surface area contributed by atoms with Crippen molar-refractivity contribution in [3.63, 3.8) is 0 Å². The maximum atomic E-state index is 13.6. The highest BCUT2D eigenvalue weighted by Crippen LogP contribution is 2.34. The third-order valence-corrected chi connectivity index (χ3v) is 9.92. The summed E-state index contributed by atoms with van der Waals surface area (Å²) in [5.41, 5.74) is 2.47. The molecule has 0 bridgehead atoms. The van der Waals surface area contributed by atoms with Crippen molar-refractivity contribution in [3.05, 3.63) is 47.0 Å². The van der Waals surface area contributed by atoms with Gasteiger partial charge in [0.25, 0.3) is 0 Å². The van der Waals surface area contributed by atoms with E-state index in [9.17, 15) is 13.2 Å². The number of hydrogen-bond donors (Lipinski definition) is 0. The van der Waals surface area contributed by atoms with Crippen LogP contribution in [0, 0.1) is 13.8 Å². The minimum Gasteiger partial charge on any atom is -0.497 e. The fourth-order valence-corrected chi connectivity index (χ4v) is 7.77. The number of carbonyl (C=O) groups excluding carboxylic acids is 1. The molecule has 2 aromatic rings. The topological polar surface area (TPSA) is 97.8 Å². The summed E-state index contributed by atoms with van der Waals surface area (Å²) < 4.78 is 50.6. The van der Waals surface area contributed by atoms with Crippen LogP contribution in [0.5, 0.6) is 17.2 Å². The maximum Gasteiger partial charge on any atom is 0.248 e. The predicted octanol–water partition coefficient (Wildman–Crippen LogP) is 2.55. The molecule has 3 heterocycles. The van der Waals surface area contributed by atoms with E-state index in [4.69, 9.17) is 18.9 Å². The third-order valence-electron chi connectivity index (χ3n) is 7.66. The monoisotopic (exact) mass is 559 g/mol. The number of benzene rings is 2. The van der Waals surface area contributed by atoms with Gasteiger partial charge in [0, 0.05) is 45.3 Å². The molecule has 0 aliphatic carbocycles. The van der Waals surface area contributed by atoms with Gasteiger partial charge in [0.1, 0.15) is 12.4 Å². The zero-order chi connectivity index (χ0) is 27.6. The number of sulfonamides is 1. The van der Waals surface area contributed by atoms with Gasteiger partial charge in [-0.15, -0.1) is 0 Å². The molecule has 2 aromatic carbocycles. The average molecular weight is 560 g/mol. The van der Waals surface area contributed by atoms with Crippen LogP contribution in [0.25, 0.3) is 0 Å². The van der Waals surface area contributed by atoms with Crippen LogP contribution in [0.15, 0.2) is 35.2 Å². The molecule has 0 aromatic heterocycles. The summed E-state index contributed by atoms with van der Waals surface area (Å²) in [4.78, 5) is 17.3. The molecule has 1 amide bonds. The molecule has 2 fully saturated rings. The number of rotatable bonds is 9. The van der Waals surface area contributed by atoms with Crippen molar-refractivity contribution in [1.82, 2.24) is 14.1 Å². The molecule has 3 aliphatic heterocycles. The number of aryl methyl sites for hydroxylation is 2. The Morgan fingerprint density at radius 1 is 1.00 bits per heavy atom. The van der Waals surface area contributed by atoms with E-state index in [-0.39, 0.29) is 32.0 Å². The lowest BCUT2D eigenvalue weighted by atomic mass is 10.1. The highest BCUT2D eigenvalue weighted by atomic mass is 32.2. The van der Waals surface area contributed by atoms with Crippen LogP contribution >= 0.6 is 0 Å². The van der Waals surface area contributed by atoms with E-state index in [0.717, 1.165) is 43.1 Å². The molecule has 0 saturated carbocycles. The van der Waals surface area contributed by atoms with E-state index in [1.807, 2.05) is 23.1 Å². The van der Waals surface area contributed by atoms with Gasteiger partial charge < -0.3 is 23.8 Å². The smallest absolute Gasteiger partial charge is 0.248 e. The van der Waals surface area contributed by atoms with Crippen LogP contribution in [0.4, 0.5) is 0 Å². The van der Waals surface area contributed by atoms with Gasteiger partial charge in [0.2, 0.25) is 22.7 Å². The highest BCUT2D eigenvalue weighted by Gasteiger charge is 2.37. The SMILES string of the molecule is COc1cc(C)c(S(=O)(=O)N2CCCC2COCC(=O)N2CCN(Cc3ccc4c(c3)OCO4)CC2)c(C)c1. The highest BCUT2D eigenvalue weighted by molar-refractivity contribution is 7.89. The summed E-state index contributed by atoms with van der Waals surface area (Å²) in [7, 11) is -2.13. The van der Waals surface area contributed by atoms with E-state index < -0.39 is 10.0 Å². The van der Waals surface area contributed by atoms with Gasteiger partial charge in [0.15, 0.2) is 11.5 Å². The molecule has 2 saturated heterocycles. The molecule has 0 radical (unpaired) electrons. The summed E-state index contributed by atoms with van der Waals surface area (Å²) >= 11 is 0. The number of ether oxygens (including phenoxy) is 4. The lowest BCUT2D eigenvalue weighted by Gasteiger charge is -2.35. The van der Waals surface area contributed by atoms with Gasteiger partial charge >= 0.3 is 0 Å². The molecule has 0 spiro atoms. The molecule has 212 valence electrons. The number of piperazine rings is 1. The van der Waals surface area contributed by atoms with Crippen molar-refractivity contribution in [2.24, 2.45) is 0 Å². The second-order valence-corrected chi connectivity index (χ2v) is 12.2. The predicted molar refractivity (Wildman–Crippen MR) is 145 cm³/mol. The van der Waals surface area contributed by atoms with Gasteiger partial charge in [-0.1, -0.05) is 6.07 Å². The van der Waals surface area contributed by atoms with Crippen LogP contribution in [-0.2, 0) is 26.1 Å². The second kappa shape index (κ2) is 11.7. The molecule has 5 rings (SSSR count). The fraction of sp³-hybridized carbons (Fsp3) is 0.536. The Labute approximate surface area is 230 Å². The number of methoxy groups -OCH3 is 1. The first-order valence-electron chi connectivity index (χ1n) is 13.4. The molecule has 1 unspecified atom stereocenters. The lowest BCUT2D eigenvalue weighted by molar-refractivity contribution is -0.138. The molecule has 1 atom stereocenters. The zero-order valence-corrected chi connectivity index (χ0v) is 23.7. The number of amides is 1. The quantitative estimate of drug-likeness (QED) is 0.463. The number of nitrogens with zero attached hydrogens (tertiary/aromatic N) is 3. The number of fused-ring (bicyclic) bond motifs is 1. The van der Waals surface area contributed by atoms with E-state index in [0.29, 0.717) is 47.8 Å². The Hall–Kier alpha value is -2.86. The van der Waals surface area contributed by atoms with Crippen LogP contribution in [-0.4, -0.2) is 94.3 Å². The zero-order valence-electron chi connectivity index (χ0n) is 22.8. The molecule has 11 heteroatoms. The van der Waals surface area contributed by atoms with Crippen molar-refractivity contribution in [3.8, 4) is 17.2 Å². The first kappa shape index (κ1) is 27.7. The van der Waals surface area contributed by atoms with Crippen LogP contribution in [0.3, 0.4) is 0 Å². The van der Waals surface area contributed by atoms with E-state index in [1.54, 1.807) is 33.1 Å². The van der Waals surface area contributed by atoms with Crippen molar-refractivity contribution in [2.45, 2.75) is 44.2 Å². The van der Waals surface area contributed by atoms with Gasteiger partial charge in [0.05, 0.1) is 18.6 Å². The Balaban J connectivity index is 1.10. The summed E-state index contributed by atoms with van der Waals surface area (Å²) in [5, 5.41) is 0. The Kier molecular flexibility index (Phi) is 8.32. The summed E-state index contributed by atoms with van der Waals surface area (Å²) in [6.07, 6.45) is 1.47. The molecular formula is C28H37N3O7S. The second-order valence-electron chi connectivity index (χ2n) is 10.4. The van der Waals surface area contributed by atoms with E-state index >= 15 is 0 Å². The van der Waals surface area contributed by atoms with E-state index in [2.05, 4.69) is 4.90 Å². The number of hydrogen-bond acceptors (Lipinski definition) is 8. The van der Waals surface area contributed by atoms with Gasteiger partial charge in [-0.2, -0.15) is 4.31 Å². The lowest BCUT2D eigenvalue weighted by Crippen LogP contribution is -2.49. The van der Waals surface area contributed by atoms with Crippen LogP contribution in [0.2, 0.25) is 0 Å². The van der Waals surface area contributed by atoms with E-state index in [1.165, 1.54) is 4.31 Å². The molecule has 0 N–H and O–H groups in total.